The highest BCUT2D eigenvalue weighted by Gasteiger charge is 2.33. The summed E-state index contributed by atoms with van der Waals surface area (Å²) in [5.74, 6) is 0.874. The van der Waals surface area contributed by atoms with Crippen LogP contribution in [0.3, 0.4) is 0 Å². The number of rotatable bonds is 8. The van der Waals surface area contributed by atoms with Crippen LogP contribution in [0, 0.1) is 0 Å². The van der Waals surface area contributed by atoms with Gasteiger partial charge in [-0.1, -0.05) is 35.9 Å². The van der Waals surface area contributed by atoms with E-state index in [9.17, 15) is 13.2 Å². The average Bonchev–Trinajstić information content (AvgIpc) is 3.07. The Morgan fingerprint density at radius 2 is 1.79 bits per heavy atom. The number of halogens is 1. The van der Waals surface area contributed by atoms with Gasteiger partial charge in [-0.05, 0) is 41.8 Å². The molecule has 2 aromatic carbocycles. The van der Waals surface area contributed by atoms with Crippen LogP contribution >= 0.6 is 11.6 Å². The number of amides is 1. The Hall–Kier alpha value is -2.09. The molecule has 1 saturated heterocycles. The third-order valence-corrected chi connectivity index (χ3v) is 7.02. The van der Waals surface area contributed by atoms with Crippen molar-refractivity contribution in [1.29, 1.82) is 0 Å². The van der Waals surface area contributed by atoms with Crippen molar-refractivity contribution in [3.8, 4) is 5.75 Å². The van der Waals surface area contributed by atoms with Crippen molar-refractivity contribution in [3.05, 3.63) is 64.7 Å². The first-order valence-corrected chi connectivity index (χ1v) is 11.6. The predicted molar refractivity (Wildman–Crippen MR) is 114 cm³/mol. The molecule has 2 aromatic rings. The van der Waals surface area contributed by atoms with Crippen molar-refractivity contribution in [1.82, 2.24) is 10.2 Å². The number of ether oxygens (including phenoxy) is 1. The molecular weight excluding hydrogens is 412 g/mol. The Bertz CT molecular complexity index is 930. The highest BCUT2D eigenvalue weighted by atomic mass is 35.5. The van der Waals surface area contributed by atoms with Gasteiger partial charge in [0.2, 0.25) is 5.91 Å². The predicted octanol–water partition coefficient (Wildman–Crippen LogP) is 2.65. The molecule has 1 heterocycles. The van der Waals surface area contributed by atoms with E-state index < -0.39 is 9.84 Å². The number of nitrogens with zero attached hydrogens (tertiary/aromatic N) is 1. The molecule has 0 aromatic heterocycles. The fraction of sp³-hybridized carbons (Fsp3) is 0.381. The summed E-state index contributed by atoms with van der Waals surface area (Å²) >= 11 is 5.88. The second-order valence-electron chi connectivity index (χ2n) is 7.21. The van der Waals surface area contributed by atoms with Gasteiger partial charge in [0.05, 0.1) is 25.2 Å². The van der Waals surface area contributed by atoms with Crippen LogP contribution in [0.25, 0.3) is 0 Å². The molecule has 0 radical (unpaired) electrons. The fourth-order valence-corrected chi connectivity index (χ4v) is 5.27. The molecule has 0 bridgehead atoms. The fourth-order valence-electron chi connectivity index (χ4n) is 3.39. The molecule has 6 nitrogen and oxygen atoms in total. The van der Waals surface area contributed by atoms with Gasteiger partial charge in [-0.2, -0.15) is 0 Å². The first-order chi connectivity index (χ1) is 13.8. The molecule has 1 atom stereocenters. The van der Waals surface area contributed by atoms with E-state index >= 15 is 0 Å². The molecule has 0 aliphatic carbocycles. The number of benzene rings is 2. The quantitative estimate of drug-likeness (QED) is 0.688. The van der Waals surface area contributed by atoms with Gasteiger partial charge in [0.1, 0.15) is 5.75 Å². The maximum Gasteiger partial charge on any atom is 0.234 e. The van der Waals surface area contributed by atoms with Crippen molar-refractivity contribution in [2.75, 3.05) is 25.2 Å². The van der Waals surface area contributed by atoms with E-state index in [4.69, 9.17) is 16.3 Å². The lowest BCUT2D eigenvalue weighted by Crippen LogP contribution is -2.43. The van der Waals surface area contributed by atoms with E-state index in [-0.39, 0.29) is 30.0 Å². The van der Waals surface area contributed by atoms with Crippen LogP contribution in [0.15, 0.2) is 48.5 Å². The molecule has 1 aliphatic rings. The lowest BCUT2D eigenvalue weighted by Gasteiger charge is -2.27. The number of hydrogen-bond acceptors (Lipinski definition) is 5. The molecule has 8 heteroatoms. The van der Waals surface area contributed by atoms with Crippen LogP contribution < -0.4 is 10.1 Å². The van der Waals surface area contributed by atoms with E-state index in [0.29, 0.717) is 24.5 Å². The lowest BCUT2D eigenvalue weighted by atomic mass is 10.1. The normalized spacial score (nSPS) is 18.0. The average molecular weight is 437 g/mol. The zero-order valence-corrected chi connectivity index (χ0v) is 17.9. The number of methoxy groups -OCH3 is 1. The SMILES string of the molecule is COc1ccc(CN(CC(=O)NCc2ccc(Cl)cc2)C2CCS(=O)(=O)C2)cc1. The van der Waals surface area contributed by atoms with Crippen LogP contribution in [-0.2, 0) is 27.7 Å². The Morgan fingerprint density at radius 1 is 1.14 bits per heavy atom. The zero-order chi connectivity index (χ0) is 20.9. The van der Waals surface area contributed by atoms with Gasteiger partial charge in [-0.15, -0.1) is 0 Å². The lowest BCUT2D eigenvalue weighted by molar-refractivity contribution is -0.123. The van der Waals surface area contributed by atoms with E-state index in [0.717, 1.165) is 16.9 Å². The van der Waals surface area contributed by atoms with E-state index in [2.05, 4.69) is 5.32 Å². The molecule has 0 saturated carbocycles. The van der Waals surface area contributed by atoms with Crippen molar-refractivity contribution in [3.63, 3.8) is 0 Å². The summed E-state index contributed by atoms with van der Waals surface area (Å²) in [4.78, 5) is 14.5. The monoisotopic (exact) mass is 436 g/mol. The Balaban J connectivity index is 1.65. The number of carbonyl (C=O) groups excluding carboxylic acids is 1. The number of nitrogens with one attached hydrogen (secondary N) is 1. The molecule has 3 rings (SSSR count). The minimum absolute atomic E-state index is 0.0909. The van der Waals surface area contributed by atoms with Crippen LogP contribution in [0.1, 0.15) is 17.5 Å². The van der Waals surface area contributed by atoms with Crippen LogP contribution in [0.4, 0.5) is 0 Å². The maximum atomic E-state index is 12.6. The van der Waals surface area contributed by atoms with Crippen LogP contribution in [-0.4, -0.2) is 50.4 Å². The number of sulfone groups is 1. The smallest absolute Gasteiger partial charge is 0.234 e. The summed E-state index contributed by atoms with van der Waals surface area (Å²) in [6.07, 6.45) is 0.545. The molecule has 1 aliphatic heterocycles. The standard InChI is InChI=1S/C21H25ClN2O4S/c1-28-20-8-4-17(5-9-20)13-24(19-10-11-29(26,27)15-19)14-21(25)23-12-16-2-6-18(22)7-3-16/h2-9,19H,10-15H2,1H3,(H,23,25). The van der Waals surface area contributed by atoms with Gasteiger partial charge in [-0.3, -0.25) is 9.69 Å². The van der Waals surface area contributed by atoms with E-state index in [1.54, 1.807) is 19.2 Å². The zero-order valence-electron chi connectivity index (χ0n) is 16.3. The highest BCUT2D eigenvalue weighted by Crippen LogP contribution is 2.21. The van der Waals surface area contributed by atoms with Gasteiger partial charge in [0.25, 0.3) is 0 Å². The van der Waals surface area contributed by atoms with Gasteiger partial charge < -0.3 is 10.1 Å². The summed E-state index contributed by atoms with van der Waals surface area (Å²) in [5, 5.41) is 3.55. The van der Waals surface area contributed by atoms with Gasteiger partial charge >= 0.3 is 0 Å². The molecule has 0 spiro atoms. The van der Waals surface area contributed by atoms with Crippen molar-refractivity contribution in [2.24, 2.45) is 0 Å². The summed E-state index contributed by atoms with van der Waals surface area (Å²) in [6.45, 7) is 1.04. The maximum absolute atomic E-state index is 12.6. The van der Waals surface area contributed by atoms with Crippen molar-refractivity contribution in [2.45, 2.75) is 25.6 Å². The van der Waals surface area contributed by atoms with E-state index in [1.807, 2.05) is 41.3 Å². The molecule has 156 valence electrons. The minimum atomic E-state index is -3.04. The topological polar surface area (TPSA) is 75.7 Å². The van der Waals surface area contributed by atoms with Gasteiger partial charge in [-0.25, -0.2) is 8.42 Å². The highest BCUT2D eigenvalue weighted by molar-refractivity contribution is 7.91. The van der Waals surface area contributed by atoms with Gasteiger partial charge in [0, 0.05) is 24.2 Å². The van der Waals surface area contributed by atoms with Crippen LogP contribution in [0.5, 0.6) is 5.75 Å². The minimum Gasteiger partial charge on any atom is -0.497 e. The number of carbonyl (C=O) groups is 1. The Labute approximate surface area is 176 Å². The molecule has 1 fully saturated rings. The Morgan fingerprint density at radius 3 is 2.38 bits per heavy atom. The largest absolute Gasteiger partial charge is 0.497 e. The molecule has 29 heavy (non-hydrogen) atoms. The first-order valence-electron chi connectivity index (χ1n) is 9.43. The summed E-state index contributed by atoms with van der Waals surface area (Å²) < 4.78 is 29.1. The van der Waals surface area contributed by atoms with Crippen LogP contribution in [0.2, 0.25) is 5.02 Å². The molecule has 1 amide bonds. The molecule has 1 N–H and O–H groups in total. The second kappa shape index (κ2) is 9.61. The number of hydrogen-bond donors (Lipinski definition) is 1. The molecular formula is C21H25ClN2O4S. The third-order valence-electron chi connectivity index (χ3n) is 5.02. The van der Waals surface area contributed by atoms with Crippen molar-refractivity contribution < 1.29 is 17.9 Å². The van der Waals surface area contributed by atoms with Gasteiger partial charge in [0.15, 0.2) is 9.84 Å². The summed E-state index contributed by atoms with van der Waals surface area (Å²) in [5.41, 5.74) is 1.95. The second-order valence-corrected chi connectivity index (χ2v) is 9.88. The first kappa shape index (κ1) is 21.6. The molecule has 1 unspecified atom stereocenters. The Kier molecular flexibility index (Phi) is 7.16. The third kappa shape index (κ3) is 6.45. The van der Waals surface area contributed by atoms with E-state index in [1.165, 1.54) is 0 Å². The summed E-state index contributed by atoms with van der Waals surface area (Å²) in [7, 11) is -1.44. The summed E-state index contributed by atoms with van der Waals surface area (Å²) in [6, 6.07) is 14.7. The van der Waals surface area contributed by atoms with Crippen molar-refractivity contribution >= 4 is 27.3 Å².